The predicted octanol–water partition coefficient (Wildman–Crippen LogP) is 5.82. The van der Waals surface area contributed by atoms with E-state index in [1.807, 2.05) is 0 Å². The van der Waals surface area contributed by atoms with Gasteiger partial charge in [-0.1, -0.05) is 70.1 Å². The highest BCUT2D eigenvalue weighted by Gasteiger charge is 2.07. The van der Waals surface area contributed by atoms with Crippen molar-refractivity contribution in [3.63, 3.8) is 0 Å². The molecule has 2 aromatic rings. The van der Waals surface area contributed by atoms with Gasteiger partial charge in [-0.05, 0) is 51.7 Å². The molecule has 27 heavy (non-hydrogen) atoms. The topological polar surface area (TPSA) is 20.2 Å². The van der Waals surface area contributed by atoms with Gasteiger partial charge in [0.2, 0.25) is 0 Å². The molecule has 0 spiro atoms. The fraction of sp³-hybridized carbons (Fsp3) is 0.667. The lowest BCUT2D eigenvalue weighted by Gasteiger charge is -2.10. The Labute approximate surface area is 167 Å². The summed E-state index contributed by atoms with van der Waals surface area (Å²) in [5, 5.41) is 5.08. The molecule has 1 aromatic carbocycles. The van der Waals surface area contributed by atoms with Crippen molar-refractivity contribution in [2.24, 2.45) is 0 Å². The molecule has 1 N–H and O–H groups in total. The number of aryl methyl sites for hydroxylation is 1. The van der Waals surface area contributed by atoms with Crippen molar-refractivity contribution in [1.82, 2.24) is 14.8 Å². The molecule has 0 bridgehead atoms. The van der Waals surface area contributed by atoms with Crippen LogP contribution < -0.4 is 5.32 Å². The monoisotopic (exact) mass is 371 g/mol. The molecule has 3 heteroatoms. The zero-order valence-corrected chi connectivity index (χ0v) is 18.0. The third-order valence-corrected chi connectivity index (χ3v) is 5.40. The van der Waals surface area contributed by atoms with Gasteiger partial charge in [0.05, 0.1) is 0 Å². The maximum absolute atomic E-state index is 3.67. The molecule has 0 atom stereocenters. The van der Waals surface area contributed by atoms with Crippen LogP contribution in [0.25, 0.3) is 10.9 Å². The highest BCUT2D eigenvalue weighted by atomic mass is 15.1. The molecule has 152 valence electrons. The summed E-state index contributed by atoms with van der Waals surface area (Å²) in [4.78, 5) is 2.26. The summed E-state index contributed by atoms with van der Waals surface area (Å²) in [7, 11) is 4.29. The normalized spacial score (nSPS) is 11.7. The molecule has 0 saturated carbocycles. The van der Waals surface area contributed by atoms with E-state index in [-0.39, 0.29) is 0 Å². The number of fused-ring (bicyclic) bond motifs is 1. The van der Waals surface area contributed by atoms with Crippen LogP contribution in [0.1, 0.15) is 70.3 Å². The van der Waals surface area contributed by atoms with Crippen LogP contribution in [0.3, 0.4) is 0 Å². The van der Waals surface area contributed by atoms with Gasteiger partial charge in [0.15, 0.2) is 0 Å². The first kappa shape index (κ1) is 22.0. The average molecular weight is 372 g/mol. The zero-order valence-electron chi connectivity index (χ0n) is 18.0. The fourth-order valence-electron chi connectivity index (χ4n) is 3.81. The Morgan fingerprint density at radius 3 is 2.33 bits per heavy atom. The molecule has 1 heterocycles. The first-order valence-electron chi connectivity index (χ1n) is 11.1. The summed E-state index contributed by atoms with van der Waals surface area (Å²) in [6, 6.07) is 8.84. The van der Waals surface area contributed by atoms with Crippen molar-refractivity contribution in [2.75, 3.05) is 27.2 Å². The lowest BCUT2D eigenvalue weighted by Crippen LogP contribution is -2.15. The number of rotatable bonds is 15. The highest BCUT2D eigenvalue weighted by molar-refractivity contribution is 5.83. The lowest BCUT2D eigenvalue weighted by molar-refractivity contribution is 0.388. The van der Waals surface area contributed by atoms with E-state index in [2.05, 4.69) is 66.3 Å². The number of para-hydroxylation sites is 1. The number of nitrogens with zero attached hydrogens (tertiary/aromatic N) is 2. The first-order chi connectivity index (χ1) is 13.2. The van der Waals surface area contributed by atoms with Gasteiger partial charge >= 0.3 is 0 Å². The van der Waals surface area contributed by atoms with E-state index in [4.69, 9.17) is 0 Å². The van der Waals surface area contributed by atoms with E-state index in [1.54, 1.807) is 0 Å². The van der Waals surface area contributed by atoms with Crippen molar-refractivity contribution in [1.29, 1.82) is 0 Å². The molecular weight excluding hydrogens is 330 g/mol. The number of aromatic nitrogens is 1. The third kappa shape index (κ3) is 8.06. The van der Waals surface area contributed by atoms with Gasteiger partial charge in [-0.15, -0.1) is 0 Å². The minimum Gasteiger partial charge on any atom is -0.347 e. The van der Waals surface area contributed by atoms with Crippen LogP contribution >= 0.6 is 0 Å². The molecule has 0 aliphatic carbocycles. The SMILES string of the molecule is CCCCCCCCCCNCc1cn(CCCN(C)C)c2ccccc12. The quantitative estimate of drug-likeness (QED) is 0.398. The van der Waals surface area contributed by atoms with Crippen molar-refractivity contribution >= 4 is 10.9 Å². The lowest BCUT2D eigenvalue weighted by atomic mass is 10.1. The predicted molar refractivity (Wildman–Crippen MR) is 119 cm³/mol. The van der Waals surface area contributed by atoms with E-state index in [0.29, 0.717) is 0 Å². The second-order valence-electron chi connectivity index (χ2n) is 8.17. The summed E-state index contributed by atoms with van der Waals surface area (Å²) < 4.78 is 2.44. The van der Waals surface area contributed by atoms with Crippen LogP contribution in [-0.4, -0.2) is 36.7 Å². The first-order valence-corrected chi connectivity index (χ1v) is 11.1. The molecule has 1 aromatic heterocycles. The van der Waals surface area contributed by atoms with E-state index < -0.39 is 0 Å². The third-order valence-electron chi connectivity index (χ3n) is 5.40. The molecule has 2 rings (SSSR count). The van der Waals surface area contributed by atoms with Crippen LogP contribution in [-0.2, 0) is 13.1 Å². The highest BCUT2D eigenvalue weighted by Crippen LogP contribution is 2.21. The van der Waals surface area contributed by atoms with Crippen LogP contribution in [0.2, 0.25) is 0 Å². The Hall–Kier alpha value is -1.32. The molecular formula is C24H41N3. The number of benzene rings is 1. The molecule has 0 radical (unpaired) electrons. The molecule has 3 nitrogen and oxygen atoms in total. The van der Waals surface area contributed by atoms with Crippen molar-refractivity contribution in [3.8, 4) is 0 Å². The molecule has 0 aliphatic heterocycles. The summed E-state index contributed by atoms with van der Waals surface area (Å²) in [5.74, 6) is 0. The van der Waals surface area contributed by atoms with Crippen molar-refractivity contribution in [2.45, 2.75) is 77.8 Å². The summed E-state index contributed by atoms with van der Waals surface area (Å²) in [5.41, 5.74) is 2.81. The number of unbranched alkanes of at least 4 members (excludes halogenated alkanes) is 7. The van der Waals surface area contributed by atoms with Crippen molar-refractivity contribution in [3.05, 3.63) is 36.0 Å². The largest absolute Gasteiger partial charge is 0.347 e. The van der Waals surface area contributed by atoms with Gasteiger partial charge in [-0.3, -0.25) is 0 Å². The van der Waals surface area contributed by atoms with Gasteiger partial charge in [0.1, 0.15) is 0 Å². The maximum Gasteiger partial charge on any atom is 0.0483 e. The van der Waals surface area contributed by atoms with Gasteiger partial charge in [0.25, 0.3) is 0 Å². The molecule has 0 fully saturated rings. The van der Waals surface area contributed by atoms with Gasteiger partial charge in [0, 0.05) is 30.2 Å². The number of hydrogen-bond acceptors (Lipinski definition) is 2. The van der Waals surface area contributed by atoms with Crippen LogP contribution in [0.15, 0.2) is 30.5 Å². The fourth-order valence-corrected chi connectivity index (χ4v) is 3.81. The molecule has 0 saturated heterocycles. The van der Waals surface area contributed by atoms with E-state index in [9.17, 15) is 0 Å². The maximum atomic E-state index is 3.67. The average Bonchev–Trinajstić information content (AvgIpc) is 3.01. The smallest absolute Gasteiger partial charge is 0.0483 e. The van der Waals surface area contributed by atoms with Crippen LogP contribution in [0.5, 0.6) is 0 Å². The molecule has 0 amide bonds. The second-order valence-corrected chi connectivity index (χ2v) is 8.17. The summed E-state index contributed by atoms with van der Waals surface area (Å²) in [6.07, 6.45) is 14.6. The van der Waals surface area contributed by atoms with Crippen molar-refractivity contribution < 1.29 is 0 Å². The molecule has 0 unspecified atom stereocenters. The van der Waals surface area contributed by atoms with E-state index >= 15 is 0 Å². The van der Waals surface area contributed by atoms with Gasteiger partial charge < -0.3 is 14.8 Å². The summed E-state index contributed by atoms with van der Waals surface area (Å²) in [6.45, 7) is 6.63. The summed E-state index contributed by atoms with van der Waals surface area (Å²) >= 11 is 0. The molecule has 0 aliphatic rings. The number of nitrogens with one attached hydrogen (secondary N) is 1. The Bertz CT molecular complexity index is 630. The van der Waals surface area contributed by atoms with Crippen LogP contribution in [0.4, 0.5) is 0 Å². The standard InChI is InChI=1S/C24H41N3/c1-4-5-6-7-8-9-10-13-17-25-20-22-21-27(19-14-18-26(2)3)24-16-12-11-15-23(22)24/h11-12,15-16,21,25H,4-10,13-14,17-20H2,1-3H3. The van der Waals surface area contributed by atoms with E-state index in [1.165, 1.54) is 74.3 Å². The zero-order chi connectivity index (χ0) is 19.3. The minimum atomic E-state index is 0.984. The van der Waals surface area contributed by atoms with Gasteiger partial charge in [-0.25, -0.2) is 0 Å². The number of hydrogen-bond donors (Lipinski definition) is 1. The minimum absolute atomic E-state index is 0.984. The second kappa shape index (κ2) is 13.0. The Kier molecular flexibility index (Phi) is 10.5. The Balaban J connectivity index is 1.71. The Morgan fingerprint density at radius 1 is 0.889 bits per heavy atom. The van der Waals surface area contributed by atoms with Crippen LogP contribution in [0, 0.1) is 0 Å². The van der Waals surface area contributed by atoms with E-state index in [0.717, 1.165) is 26.2 Å². The Morgan fingerprint density at radius 2 is 1.59 bits per heavy atom. The van der Waals surface area contributed by atoms with Gasteiger partial charge in [-0.2, -0.15) is 0 Å².